The lowest BCUT2D eigenvalue weighted by Crippen LogP contribution is -2.30. The lowest BCUT2D eigenvalue weighted by atomic mass is 9.88. The van der Waals surface area contributed by atoms with Gasteiger partial charge in [0.25, 0.3) is 0 Å². The summed E-state index contributed by atoms with van der Waals surface area (Å²) in [5, 5.41) is 3.00. The average molecular weight is 620 g/mol. The van der Waals surface area contributed by atoms with Crippen molar-refractivity contribution in [1.29, 1.82) is 0 Å². The SMILES string of the molecule is O=C(Nc1ccc(-c2ccc(CN(Cc3cccnc3)S(=O)(=O)c3ccc(Br)cc3)cc2)nc1)C1CCCCC1. The number of nitrogens with one attached hydrogen (secondary N) is 1. The van der Waals surface area contributed by atoms with Crippen LogP contribution in [0.5, 0.6) is 0 Å². The van der Waals surface area contributed by atoms with Crippen molar-refractivity contribution in [1.82, 2.24) is 14.3 Å². The summed E-state index contributed by atoms with van der Waals surface area (Å²) in [4.78, 5) is 21.5. The van der Waals surface area contributed by atoms with Gasteiger partial charge in [0.2, 0.25) is 15.9 Å². The maximum atomic E-state index is 13.6. The number of pyridine rings is 2. The van der Waals surface area contributed by atoms with Crippen LogP contribution in [0.25, 0.3) is 11.3 Å². The second-order valence-corrected chi connectivity index (χ2v) is 12.9. The van der Waals surface area contributed by atoms with Crippen molar-refractivity contribution in [2.45, 2.75) is 50.1 Å². The molecule has 40 heavy (non-hydrogen) atoms. The van der Waals surface area contributed by atoms with Gasteiger partial charge in [-0.1, -0.05) is 65.5 Å². The Morgan fingerprint density at radius 3 is 2.25 bits per heavy atom. The van der Waals surface area contributed by atoms with Crippen LogP contribution in [0.1, 0.15) is 43.2 Å². The molecular weight excluding hydrogens is 588 g/mol. The fourth-order valence-electron chi connectivity index (χ4n) is 4.91. The zero-order chi connectivity index (χ0) is 28.0. The molecule has 0 radical (unpaired) electrons. The van der Waals surface area contributed by atoms with Crippen molar-refractivity contribution in [3.63, 3.8) is 0 Å². The van der Waals surface area contributed by atoms with Gasteiger partial charge in [-0.05, 0) is 66.4 Å². The summed E-state index contributed by atoms with van der Waals surface area (Å²) in [6, 6.07) is 21.8. The van der Waals surface area contributed by atoms with Crippen molar-refractivity contribution in [2.75, 3.05) is 5.32 Å². The Morgan fingerprint density at radius 1 is 0.875 bits per heavy atom. The highest BCUT2D eigenvalue weighted by molar-refractivity contribution is 9.10. The predicted molar refractivity (Wildman–Crippen MR) is 160 cm³/mol. The van der Waals surface area contributed by atoms with E-state index < -0.39 is 10.0 Å². The van der Waals surface area contributed by atoms with Gasteiger partial charge in [0.15, 0.2) is 0 Å². The molecule has 9 heteroatoms. The number of halogens is 1. The molecule has 2 aromatic heterocycles. The summed E-state index contributed by atoms with van der Waals surface area (Å²) in [5.74, 6) is 0.166. The molecule has 0 atom stereocenters. The maximum absolute atomic E-state index is 13.6. The summed E-state index contributed by atoms with van der Waals surface area (Å²) < 4.78 is 29.5. The molecule has 0 spiro atoms. The number of carbonyl (C=O) groups excluding carboxylic acids is 1. The van der Waals surface area contributed by atoms with Gasteiger partial charge in [0.05, 0.1) is 22.5 Å². The second kappa shape index (κ2) is 12.8. The molecule has 2 heterocycles. The fourth-order valence-corrected chi connectivity index (χ4v) is 6.59. The van der Waals surface area contributed by atoms with Gasteiger partial charge < -0.3 is 5.32 Å². The molecule has 0 saturated heterocycles. The normalized spacial score (nSPS) is 14.2. The molecular formula is C31H31BrN4O3S. The van der Waals surface area contributed by atoms with E-state index in [1.165, 1.54) is 10.7 Å². The average Bonchev–Trinajstić information content (AvgIpc) is 2.99. The van der Waals surface area contributed by atoms with Crippen molar-refractivity contribution >= 4 is 37.5 Å². The first-order chi connectivity index (χ1) is 19.4. The highest BCUT2D eigenvalue weighted by Crippen LogP contribution is 2.27. The van der Waals surface area contributed by atoms with Gasteiger partial charge in [-0.3, -0.25) is 14.8 Å². The van der Waals surface area contributed by atoms with Crippen LogP contribution in [0.4, 0.5) is 5.69 Å². The van der Waals surface area contributed by atoms with E-state index in [0.717, 1.165) is 52.5 Å². The molecule has 206 valence electrons. The van der Waals surface area contributed by atoms with Crippen LogP contribution in [-0.2, 0) is 27.9 Å². The van der Waals surface area contributed by atoms with Crippen molar-refractivity contribution in [3.8, 4) is 11.3 Å². The number of aromatic nitrogens is 2. The Balaban J connectivity index is 1.30. The number of carbonyl (C=O) groups is 1. The third-order valence-electron chi connectivity index (χ3n) is 7.15. The molecule has 1 amide bonds. The standard InChI is InChI=1S/C31H31BrN4O3S/c32-27-12-15-29(16-13-27)40(38,39)36(22-24-5-4-18-33-19-24)21-23-8-10-25(11-9-23)30-17-14-28(20-34-30)35-31(37)26-6-2-1-3-7-26/h4-5,8-20,26H,1-3,6-7,21-22H2,(H,35,37). The number of sulfonamides is 1. The summed E-state index contributed by atoms with van der Waals surface area (Å²) in [7, 11) is -3.76. The number of hydrogen-bond acceptors (Lipinski definition) is 5. The van der Waals surface area contributed by atoms with Crippen LogP contribution in [0.3, 0.4) is 0 Å². The Bertz CT molecular complexity index is 1520. The van der Waals surface area contributed by atoms with E-state index in [9.17, 15) is 13.2 Å². The molecule has 2 aromatic carbocycles. The Labute approximate surface area is 243 Å². The molecule has 0 aliphatic heterocycles. The van der Waals surface area contributed by atoms with Crippen LogP contribution in [0.15, 0.2) is 101 Å². The van der Waals surface area contributed by atoms with E-state index in [4.69, 9.17) is 0 Å². The largest absolute Gasteiger partial charge is 0.324 e. The first kappa shape index (κ1) is 28.1. The number of hydrogen-bond donors (Lipinski definition) is 1. The van der Waals surface area contributed by atoms with Gasteiger partial charge in [0.1, 0.15) is 0 Å². The van der Waals surface area contributed by atoms with Crippen LogP contribution in [-0.4, -0.2) is 28.6 Å². The third kappa shape index (κ3) is 7.02. The topological polar surface area (TPSA) is 92.3 Å². The minimum Gasteiger partial charge on any atom is -0.324 e. The first-order valence-corrected chi connectivity index (χ1v) is 15.6. The van der Waals surface area contributed by atoms with Crippen LogP contribution in [0, 0.1) is 5.92 Å². The first-order valence-electron chi connectivity index (χ1n) is 13.4. The second-order valence-electron chi connectivity index (χ2n) is 10.0. The maximum Gasteiger partial charge on any atom is 0.243 e. The van der Waals surface area contributed by atoms with E-state index in [1.807, 2.05) is 42.5 Å². The number of anilines is 1. The van der Waals surface area contributed by atoms with E-state index >= 15 is 0 Å². The summed E-state index contributed by atoms with van der Waals surface area (Å²) in [6.45, 7) is 0.400. The molecule has 0 unspecified atom stereocenters. The highest BCUT2D eigenvalue weighted by Gasteiger charge is 2.25. The molecule has 1 saturated carbocycles. The monoisotopic (exact) mass is 618 g/mol. The molecule has 5 rings (SSSR count). The van der Waals surface area contributed by atoms with E-state index in [-0.39, 0.29) is 29.8 Å². The fraction of sp³-hybridized carbons (Fsp3) is 0.258. The molecule has 1 N–H and O–H groups in total. The minimum absolute atomic E-state index is 0.0764. The van der Waals surface area contributed by atoms with Gasteiger partial charge >= 0.3 is 0 Å². The number of amides is 1. The molecule has 1 fully saturated rings. The van der Waals surface area contributed by atoms with Crippen LogP contribution in [0.2, 0.25) is 0 Å². The van der Waals surface area contributed by atoms with Gasteiger partial charge in [-0.25, -0.2) is 8.42 Å². The molecule has 1 aliphatic rings. The smallest absolute Gasteiger partial charge is 0.243 e. The quantitative estimate of drug-likeness (QED) is 0.222. The Kier molecular flexibility index (Phi) is 9.04. The van der Waals surface area contributed by atoms with E-state index in [2.05, 4.69) is 31.2 Å². The van der Waals surface area contributed by atoms with E-state index in [0.29, 0.717) is 5.69 Å². The Hall–Kier alpha value is -3.40. The molecule has 0 bridgehead atoms. The van der Waals surface area contributed by atoms with Crippen molar-refractivity contribution in [2.24, 2.45) is 5.92 Å². The number of nitrogens with zero attached hydrogens (tertiary/aromatic N) is 3. The highest BCUT2D eigenvalue weighted by atomic mass is 79.9. The predicted octanol–water partition coefficient (Wildman–Crippen LogP) is 6.82. The zero-order valence-electron chi connectivity index (χ0n) is 22.0. The molecule has 4 aromatic rings. The van der Waals surface area contributed by atoms with Gasteiger partial charge in [-0.15, -0.1) is 0 Å². The lowest BCUT2D eigenvalue weighted by Gasteiger charge is -2.22. The third-order valence-corrected chi connectivity index (χ3v) is 9.48. The van der Waals surface area contributed by atoms with E-state index in [1.54, 1.807) is 48.9 Å². The van der Waals surface area contributed by atoms with Gasteiger partial charge in [0, 0.05) is 41.4 Å². The zero-order valence-corrected chi connectivity index (χ0v) is 24.4. The summed E-state index contributed by atoms with van der Waals surface area (Å²) >= 11 is 3.37. The number of rotatable bonds is 9. The van der Waals surface area contributed by atoms with Gasteiger partial charge in [-0.2, -0.15) is 4.31 Å². The van der Waals surface area contributed by atoms with Crippen molar-refractivity contribution < 1.29 is 13.2 Å². The van der Waals surface area contributed by atoms with Crippen LogP contribution < -0.4 is 5.32 Å². The minimum atomic E-state index is -3.76. The van der Waals surface area contributed by atoms with Crippen LogP contribution >= 0.6 is 15.9 Å². The lowest BCUT2D eigenvalue weighted by molar-refractivity contribution is -0.120. The number of benzene rings is 2. The summed E-state index contributed by atoms with van der Waals surface area (Å²) in [5.41, 5.74) is 4.03. The van der Waals surface area contributed by atoms with Crippen molar-refractivity contribution in [3.05, 3.63) is 107 Å². The summed E-state index contributed by atoms with van der Waals surface area (Å²) in [6.07, 6.45) is 10.4. The molecule has 7 nitrogen and oxygen atoms in total. The molecule has 1 aliphatic carbocycles. The Morgan fingerprint density at radius 2 is 1.60 bits per heavy atom.